The fraction of sp³-hybridized carbons (Fsp3) is 0.250. The molecule has 2 aliphatic heterocycles. The summed E-state index contributed by atoms with van der Waals surface area (Å²) in [5.41, 5.74) is 6.95. The molecule has 140 valence electrons. The van der Waals surface area contributed by atoms with Gasteiger partial charge in [-0.05, 0) is 17.7 Å². The lowest BCUT2D eigenvalue weighted by atomic mass is 10.0. The Kier molecular flexibility index (Phi) is 4.49. The molecule has 0 unspecified atom stereocenters. The zero-order chi connectivity index (χ0) is 19.3. The number of hydrogen-bond acceptors (Lipinski definition) is 7. The van der Waals surface area contributed by atoms with Crippen LogP contribution in [0.1, 0.15) is 5.56 Å². The number of nitrogen functional groups attached to an aromatic ring is 1. The quantitative estimate of drug-likeness (QED) is 0.632. The van der Waals surface area contributed by atoms with Gasteiger partial charge in [0.1, 0.15) is 17.1 Å². The zero-order valence-electron chi connectivity index (χ0n) is 13.6. The number of carboxylic acid groups (broad SMARTS) is 1. The minimum atomic E-state index is -1.25. The second kappa shape index (κ2) is 6.70. The highest BCUT2D eigenvalue weighted by atomic mass is 35.5. The van der Waals surface area contributed by atoms with E-state index in [0.717, 1.165) is 20.7 Å². The summed E-state index contributed by atoms with van der Waals surface area (Å²) in [6.45, 7) is 0. The van der Waals surface area contributed by atoms with Crippen molar-refractivity contribution in [2.75, 3.05) is 11.5 Å². The summed E-state index contributed by atoms with van der Waals surface area (Å²) < 4.78 is 0.935. The largest absolute Gasteiger partial charge is 0.477 e. The van der Waals surface area contributed by atoms with Crippen LogP contribution in [0.15, 0.2) is 28.9 Å². The summed E-state index contributed by atoms with van der Waals surface area (Å²) in [6, 6.07) is 4.69. The van der Waals surface area contributed by atoms with Gasteiger partial charge in [-0.1, -0.05) is 29.0 Å². The fourth-order valence-corrected chi connectivity index (χ4v) is 5.36. The molecule has 0 bridgehead atoms. The molecule has 0 radical (unpaired) electrons. The molecule has 1 aromatic carbocycles. The van der Waals surface area contributed by atoms with Crippen molar-refractivity contribution in [2.45, 2.75) is 17.8 Å². The van der Waals surface area contributed by atoms with Crippen molar-refractivity contribution in [3.8, 4) is 0 Å². The molecule has 11 heteroatoms. The fourth-order valence-electron chi connectivity index (χ4n) is 3.09. The Morgan fingerprint density at radius 3 is 2.96 bits per heavy atom. The molecule has 0 saturated carbocycles. The van der Waals surface area contributed by atoms with E-state index in [1.54, 1.807) is 6.07 Å². The summed E-state index contributed by atoms with van der Waals surface area (Å²) in [6.07, 6.45) is 0.0803. The first kappa shape index (κ1) is 18.1. The van der Waals surface area contributed by atoms with Crippen molar-refractivity contribution in [1.29, 1.82) is 0 Å². The third-order valence-electron chi connectivity index (χ3n) is 4.27. The van der Waals surface area contributed by atoms with Crippen LogP contribution in [-0.2, 0) is 20.8 Å². The number of thioether (sulfide) groups is 1. The van der Waals surface area contributed by atoms with E-state index in [9.17, 15) is 19.5 Å². The molecule has 0 spiro atoms. The average Bonchev–Trinajstić information content (AvgIpc) is 2.98. The highest BCUT2D eigenvalue weighted by molar-refractivity contribution is 8.00. The van der Waals surface area contributed by atoms with E-state index in [4.69, 9.17) is 17.3 Å². The van der Waals surface area contributed by atoms with E-state index in [1.165, 1.54) is 23.1 Å². The third-order valence-corrected chi connectivity index (χ3v) is 6.89. The number of anilines is 1. The summed E-state index contributed by atoms with van der Waals surface area (Å²) in [7, 11) is 0. The van der Waals surface area contributed by atoms with Crippen LogP contribution in [0.2, 0.25) is 0 Å². The molecule has 3 heterocycles. The van der Waals surface area contributed by atoms with Gasteiger partial charge in [-0.25, -0.2) is 9.78 Å². The maximum atomic E-state index is 12.4. The van der Waals surface area contributed by atoms with E-state index < -0.39 is 23.3 Å². The van der Waals surface area contributed by atoms with Gasteiger partial charge in [-0.15, -0.1) is 11.8 Å². The number of benzene rings is 1. The number of carboxylic acids is 1. The summed E-state index contributed by atoms with van der Waals surface area (Å²) in [5.74, 6) is -1.77. The van der Waals surface area contributed by atoms with Crippen LogP contribution < -0.4 is 11.1 Å². The Hall–Kier alpha value is -2.30. The Morgan fingerprint density at radius 2 is 2.22 bits per heavy atom. The first-order valence-electron chi connectivity index (χ1n) is 7.86. The average molecular weight is 425 g/mol. The van der Waals surface area contributed by atoms with Crippen LogP contribution in [0.5, 0.6) is 0 Å². The van der Waals surface area contributed by atoms with Gasteiger partial charge < -0.3 is 16.2 Å². The Balaban J connectivity index is 1.44. The van der Waals surface area contributed by atoms with Crippen molar-refractivity contribution < 1.29 is 19.5 Å². The van der Waals surface area contributed by atoms with E-state index >= 15 is 0 Å². The Labute approximate surface area is 166 Å². The lowest BCUT2D eigenvalue weighted by Gasteiger charge is -2.48. The number of nitrogens with one attached hydrogen (secondary N) is 1. The predicted molar refractivity (Wildman–Crippen MR) is 103 cm³/mol. The monoisotopic (exact) mass is 424 g/mol. The van der Waals surface area contributed by atoms with Gasteiger partial charge in [0.25, 0.3) is 5.91 Å². The van der Waals surface area contributed by atoms with Crippen molar-refractivity contribution in [3.05, 3.63) is 34.5 Å². The molecule has 2 aromatic rings. The van der Waals surface area contributed by atoms with E-state index in [1.807, 2.05) is 12.1 Å². The maximum Gasteiger partial charge on any atom is 0.353 e. The van der Waals surface area contributed by atoms with Crippen LogP contribution in [-0.4, -0.2) is 49.9 Å². The van der Waals surface area contributed by atoms with Gasteiger partial charge in [0.15, 0.2) is 5.13 Å². The Morgan fingerprint density at radius 1 is 1.44 bits per heavy atom. The summed E-state index contributed by atoms with van der Waals surface area (Å²) in [5, 5.41) is 12.1. The Bertz CT molecular complexity index is 1020. The number of thiazole rings is 1. The first-order chi connectivity index (χ1) is 12.8. The molecule has 2 amide bonds. The molecule has 2 atom stereocenters. The number of amides is 2. The number of halogens is 1. The predicted octanol–water partition coefficient (Wildman–Crippen LogP) is 1.36. The number of aromatic nitrogens is 1. The van der Waals surface area contributed by atoms with Crippen molar-refractivity contribution in [2.24, 2.45) is 0 Å². The molecule has 4 N–H and O–H groups in total. The van der Waals surface area contributed by atoms with Crippen LogP contribution in [0, 0.1) is 0 Å². The van der Waals surface area contributed by atoms with E-state index in [0.29, 0.717) is 5.13 Å². The van der Waals surface area contributed by atoms with Gasteiger partial charge in [-0.2, -0.15) is 0 Å². The molecule has 1 aromatic heterocycles. The van der Waals surface area contributed by atoms with Gasteiger partial charge in [0, 0.05) is 5.75 Å². The van der Waals surface area contributed by atoms with Crippen LogP contribution in [0.3, 0.4) is 0 Å². The SMILES string of the molecule is Nc1nc2cc(CC(=O)N[C@@H]3C(=O)N4C(C(=O)O)=C(Cl)CS[C@H]34)ccc2s1. The molecule has 4 rings (SSSR count). The number of hydrogen-bond donors (Lipinski definition) is 3. The summed E-state index contributed by atoms with van der Waals surface area (Å²) in [4.78, 5) is 41.4. The number of nitrogens with two attached hydrogens (primary N) is 1. The second-order valence-corrected chi connectivity index (χ2v) is 8.67. The molecular formula is C16H13ClN4O4S2. The number of β-lactam (4-membered cyclic amide) rings is 1. The number of aliphatic carboxylic acids is 1. The minimum absolute atomic E-state index is 0.0803. The number of fused-ring (bicyclic) bond motifs is 2. The molecule has 2 aliphatic rings. The minimum Gasteiger partial charge on any atom is -0.477 e. The van der Waals surface area contributed by atoms with Gasteiger partial charge in [0.2, 0.25) is 5.91 Å². The normalized spacial score (nSPS) is 21.8. The highest BCUT2D eigenvalue weighted by Crippen LogP contribution is 2.41. The van der Waals surface area contributed by atoms with Crippen molar-refractivity contribution in [1.82, 2.24) is 15.2 Å². The standard InChI is InChI=1S/C16H13ClN4O4S2/c17-7-5-26-14-11(13(23)21(14)12(7)15(24)25)20-10(22)4-6-1-2-9-8(3-6)19-16(18)27-9/h1-3,11,14H,4-5H2,(H2,18,19)(H,20,22)(H,24,25)/t11-,14-/m1/s1. The van der Waals surface area contributed by atoms with Crippen molar-refractivity contribution in [3.63, 3.8) is 0 Å². The number of nitrogens with zero attached hydrogens (tertiary/aromatic N) is 2. The summed E-state index contributed by atoms with van der Waals surface area (Å²) >= 11 is 8.62. The van der Waals surface area contributed by atoms with Crippen molar-refractivity contribution >= 4 is 67.8 Å². The first-order valence-corrected chi connectivity index (χ1v) is 10.1. The van der Waals surface area contributed by atoms with E-state index in [2.05, 4.69) is 10.3 Å². The van der Waals surface area contributed by atoms with Crippen LogP contribution in [0.25, 0.3) is 10.2 Å². The van der Waals surface area contributed by atoms with E-state index in [-0.39, 0.29) is 28.8 Å². The topological polar surface area (TPSA) is 126 Å². The van der Waals surface area contributed by atoms with Gasteiger partial charge in [-0.3, -0.25) is 14.5 Å². The maximum absolute atomic E-state index is 12.4. The molecule has 8 nitrogen and oxygen atoms in total. The molecule has 0 aliphatic carbocycles. The van der Waals surface area contributed by atoms with Crippen LogP contribution in [0.4, 0.5) is 5.13 Å². The zero-order valence-corrected chi connectivity index (χ0v) is 16.0. The third kappa shape index (κ3) is 3.13. The molecule has 1 saturated heterocycles. The number of rotatable bonds is 4. The molecule has 27 heavy (non-hydrogen) atoms. The van der Waals surface area contributed by atoms with Gasteiger partial charge in [0.05, 0.1) is 21.7 Å². The van der Waals surface area contributed by atoms with Crippen LogP contribution >= 0.6 is 34.7 Å². The lowest BCUT2D eigenvalue weighted by Crippen LogP contribution is -2.70. The molecular weight excluding hydrogens is 412 g/mol. The second-order valence-electron chi connectivity index (χ2n) is 6.04. The van der Waals surface area contributed by atoms with Gasteiger partial charge >= 0.3 is 5.97 Å². The number of carbonyl (C=O) groups excluding carboxylic acids is 2. The lowest BCUT2D eigenvalue weighted by molar-refractivity contribution is -0.150. The number of carbonyl (C=O) groups is 3. The molecule has 1 fully saturated rings. The highest BCUT2D eigenvalue weighted by Gasteiger charge is 2.54. The smallest absolute Gasteiger partial charge is 0.353 e.